The Morgan fingerprint density at radius 3 is 2.54 bits per heavy atom. The normalized spacial score (nSPS) is 13.4. The van der Waals surface area contributed by atoms with Crippen molar-refractivity contribution in [3.05, 3.63) is 63.8 Å². The van der Waals surface area contributed by atoms with Crippen LogP contribution in [0, 0.1) is 0 Å². The summed E-state index contributed by atoms with van der Waals surface area (Å²) in [6, 6.07) is 13.1. The second-order valence-corrected chi connectivity index (χ2v) is 9.73. The number of carbonyl (C=O) groups is 1. The zero-order valence-electron chi connectivity index (χ0n) is 21.4. The summed E-state index contributed by atoms with van der Waals surface area (Å²) >= 11 is 1.58. The fraction of sp³-hybridized carbons (Fsp3) is 0.310. The SMILES string of the molecule is CCOC(=O)c1c(N=c2cc(-c3ccc(OC)c(OC)c3)oc3ccc(OC)cc23)sc2c1CCCC2. The lowest BCUT2D eigenvalue weighted by atomic mass is 9.95. The molecule has 1 aliphatic carbocycles. The highest BCUT2D eigenvalue weighted by Crippen LogP contribution is 2.40. The molecular weight excluding hydrogens is 490 g/mol. The molecule has 1 aliphatic rings. The lowest BCUT2D eigenvalue weighted by molar-refractivity contribution is 0.0526. The number of hydrogen-bond acceptors (Lipinski definition) is 8. The lowest BCUT2D eigenvalue weighted by Crippen LogP contribution is -2.10. The van der Waals surface area contributed by atoms with Crippen molar-refractivity contribution in [2.45, 2.75) is 32.6 Å². The van der Waals surface area contributed by atoms with Crippen molar-refractivity contribution in [3.63, 3.8) is 0 Å². The van der Waals surface area contributed by atoms with E-state index in [0.29, 0.717) is 51.1 Å². The molecule has 7 nitrogen and oxygen atoms in total. The van der Waals surface area contributed by atoms with Crippen LogP contribution in [0.25, 0.3) is 22.3 Å². The number of methoxy groups -OCH3 is 3. The standard InChI is InChI=1S/C29H29NO6S/c1-5-35-29(31)27-19-8-6-7-9-26(19)37-28(27)30-21-16-24(17-10-12-23(33-3)25(14-17)34-4)36-22-13-11-18(32-2)15-20(21)22/h10-16H,5-9H2,1-4H3. The number of nitrogens with zero attached hydrogens (tertiary/aromatic N) is 1. The minimum Gasteiger partial charge on any atom is -0.497 e. The van der Waals surface area contributed by atoms with E-state index in [-0.39, 0.29) is 5.97 Å². The van der Waals surface area contributed by atoms with Gasteiger partial charge in [0.1, 0.15) is 22.1 Å². The Hall–Kier alpha value is -3.78. The van der Waals surface area contributed by atoms with Crippen LogP contribution >= 0.6 is 11.3 Å². The first-order valence-corrected chi connectivity index (χ1v) is 13.1. The second kappa shape index (κ2) is 10.7. The first-order chi connectivity index (χ1) is 18.1. The van der Waals surface area contributed by atoms with Gasteiger partial charge in [0.05, 0.1) is 38.9 Å². The van der Waals surface area contributed by atoms with E-state index in [9.17, 15) is 4.79 Å². The van der Waals surface area contributed by atoms with Crippen LogP contribution in [-0.2, 0) is 17.6 Å². The van der Waals surface area contributed by atoms with Gasteiger partial charge in [0, 0.05) is 21.9 Å². The van der Waals surface area contributed by atoms with Crippen LogP contribution in [0.15, 0.2) is 51.9 Å². The fourth-order valence-electron chi connectivity index (χ4n) is 4.65. The van der Waals surface area contributed by atoms with Crippen LogP contribution < -0.4 is 19.6 Å². The molecule has 5 rings (SSSR count). The maximum Gasteiger partial charge on any atom is 0.341 e. The van der Waals surface area contributed by atoms with Gasteiger partial charge in [-0.2, -0.15) is 0 Å². The highest BCUT2D eigenvalue weighted by Gasteiger charge is 2.26. The Morgan fingerprint density at radius 2 is 1.78 bits per heavy atom. The second-order valence-electron chi connectivity index (χ2n) is 8.65. The Bertz CT molecular complexity index is 1530. The molecule has 8 heteroatoms. The van der Waals surface area contributed by atoms with Crippen LogP contribution in [0.2, 0.25) is 0 Å². The van der Waals surface area contributed by atoms with Crippen molar-refractivity contribution in [3.8, 4) is 28.6 Å². The number of fused-ring (bicyclic) bond motifs is 2. The predicted molar refractivity (Wildman–Crippen MR) is 143 cm³/mol. The van der Waals surface area contributed by atoms with Crippen molar-refractivity contribution in [2.75, 3.05) is 27.9 Å². The molecule has 0 unspecified atom stereocenters. The number of hydrogen-bond donors (Lipinski definition) is 0. The van der Waals surface area contributed by atoms with Gasteiger partial charge in [-0.15, -0.1) is 11.3 Å². The molecule has 0 spiro atoms. The minimum absolute atomic E-state index is 0.316. The lowest BCUT2D eigenvalue weighted by Gasteiger charge is -2.12. The van der Waals surface area contributed by atoms with E-state index in [4.69, 9.17) is 28.4 Å². The van der Waals surface area contributed by atoms with Crippen LogP contribution in [0.3, 0.4) is 0 Å². The van der Waals surface area contributed by atoms with Crippen molar-refractivity contribution in [2.24, 2.45) is 4.99 Å². The largest absolute Gasteiger partial charge is 0.497 e. The van der Waals surface area contributed by atoms with Gasteiger partial charge >= 0.3 is 5.97 Å². The summed E-state index contributed by atoms with van der Waals surface area (Å²) in [6.07, 6.45) is 4.00. The summed E-state index contributed by atoms with van der Waals surface area (Å²) in [6.45, 7) is 2.14. The van der Waals surface area contributed by atoms with Gasteiger partial charge in [0.15, 0.2) is 11.5 Å². The highest BCUT2D eigenvalue weighted by molar-refractivity contribution is 7.16. The van der Waals surface area contributed by atoms with Crippen molar-refractivity contribution in [1.82, 2.24) is 0 Å². The number of aryl methyl sites for hydroxylation is 1. The third kappa shape index (κ3) is 4.81. The molecule has 37 heavy (non-hydrogen) atoms. The first kappa shape index (κ1) is 24.9. The van der Waals surface area contributed by atoms with E-state index < -0.39 is 0 Å². The monoisotopic (exact) mass is 519 g/mol. The molecule has 2 aromatic heterocycles. The number of benzene rings is 2. The number of thiophene rings is 1. The molecule has 0 saturated heterocycles. The molecule has 0 saturated carbocycles. The minimum atomic E-state index is -0.316. The summed E-state index contributed by atoms with van der Waals surface area (Å²) in [5.41, 5.74) is 3.12. The highest BCUT2D eigenvalue weighted by atomic mass is 32.1. The Balaban J connectivity index is 1.76. The molecule has 0 amide bonds. The molecule has 2 heterocycles. The zero-order chi connectivity index (χ0) is 25.9. The van der Waals surface area contributed by atoms with Crippen LogP contribution in [-0.4, -0.2) is 33.9 Å². The molecule has 4 aromatic rings. The van der Waals surface area contributed by atoms with Gasteiger partial charge in [-0.05, 0) is 74.6 Å². The molecule has 192 valence electrons. The molecule has 0 N–H and O–H groups in total. The quantitative estimate of drug-likeness (QED) is 0.260. The summed E-state index contributed by atoms with van der Waals surface area (Å²) in [7, 11) is 4.82. The third-order valence-electron chi connectivity index (χ3n) is 6.47. The number of esters is 1. The van der Waals surface area contributed by atoms with Gasteiger partial charge < -0.3 is 23.4 Å². The Labute approximate surface area is 219 Å². The van der Waals surface area contributed by atoms with Crippen LogP contribution in [0.4, 0.5) is 5.00 Å². The maximum absolute atomic E-state index is 13.0. The van der Waals surface area contributed by atoms with E-state index in [2.05, 4.69) is 0 Å². The average molecular weight is 520 g/mol. The molecular formula is C29H29NO6S. The van der Waals surface area contributed by atoms with Gasteiger partial charge in [0.2, 0.25) is 0 Å². The van der Waals surface area contributed by atoms with E-state index in [1.165, 1.54) is 4.88 Å². The maximum atomic E-state index is 13.0. The summed E-state index contributed by atoms with van der Waals surface area (Å²) in [4.78, 5) is 19.3. The van der Waals surface area contributed by atoms with E-state index in [1.807, 2.05) is 49.4 Å². The van der Waals surface area contributed by atoms with Crippen molar-refractivity contribution < 1.29 is 28.2 Å². The number of rotatable bonds is 7. The molecule has 0 bridgehead atoms. The topological polar surface area (TPSA) is 79.5 Å². The molecule has 0 radical (unpaired) electrons. The van der Waals surface area contributed by atoms with Crippen LogP contribution in [0.5, 0.6) is 17.2 Å². The first-order valence-electron chi connectivity index (χ1n) is 12.3. The van der Waals surface area contributed by atoms with E-state index in [0.717, 1.165) is 42.2 Å². The summed E-state index contributed by atoms with van der Waals surface area (Å²) in [5, 5.41) is 2.12. The van der Waals surface area contributed by atoms with Crippen LogP contribution in [0.1, 0.15) is 40.6 Å². The Kier molecular flexibility index (Phi) is 7.19. The number of ether oxygens (including phenoxy) is 4. The molecule has 0 fully saturated rings. The predicted octanol–water partition coefficient (Wildman–Crippen LogP) is 6.48. The zero-order valence-corrected chi connectivity index (χ0v) is 22.2. The van der Waals surface area contributed by atoms with Gasteiger partial charge in [-0.3, -0.25) is 0 Å². The average Bonchev–Trinajstić information content (AvgIpc) is 3.30. The van der Waals surface area contributed by atoms with Crippen molar-refractivity contribution >= 4 is 33.3 Å². The third-order valence-corrected chi connectivity index (χ3v) is 7.66. The van der Waals surface area contributed by atoms with Gasteiger partial charge in [-0.25, -0.2) is 9.79 Å². The van der Waals surface area contributed by atoms with E-state index >= 15 is 0 Å². The van der Waals surface area contributed by atoms with Gasteiger partial charge in [-0.1, -0.05) is 0 Å². The van der Waals surface area contributed by atoms with Gasteiger partial charge in [0.25, 0.3) is 0 Å². The molecule has 0 atom stereocenters. The Morgan fingerprint density at radius 1 is 0.973 bits per heavy atom. The summed E-state index contributed by atoms with van der Waals surface area (Å²) in [5.74, 6) is 2.21. The number of carbonyl (C=O) groups excluding carboxylic acids is 1. The fourth-order valence-corrected chi connectivity index (χ4v) is 5.91. The molecule has 0 aliphatic heterocycles. The molecule has 2 aromatic carbocycles. The summed E-state index contributed by atoms with van der Waals surface area (Å²) < 4.78 is 28.1. The smallest absolute Gasteiger partial charge is 0.341 e. The van der Waals surface area contributed by atoms with Crippen molar-refractivity contribution in [1.29, 1.82) is 0 Å². The van der Waals surface area contributed by atoms with E-state index in [1.54, 1.807) is 32.7 Å².